The number of anilines is 1. The maximum atomic E-state index is 11.2. The number of rotatable bonds is 4. The Balaban J connectivity index is 2.60. The van der Waals surface area contributed by atoms with Crippen molar-refractivity contribution in [2.75, 3.05) is 19.5 Å². The van der Waals surface area contributed by atoms with Crippen LogP contribution in [0.2, 0.25) is 0 Å². The van der Waals surface area contributed by atoms with Crippen LogP contribution < -0.4 is 15.4 Å². The number of carbonyl (C=O) groups excluding carboxylic acids is 1. The SMILES string of the molecule is CNC(=O)C(C)Nc1ccc(OC)nc1. The topological polar surface area (TPSA) is 63.2 Å². The van der Waals surface area contributed by atoms with Crippen LogP contribution in [0.25, 0.3) is 0 Å². The van der Waals surface area contributed by atoms with Crippen molar-refractivity contribution in [3.63, 3.8) is 0 Å². The van der Waals surface area contributed by atoms with Gasteiger partial charge in [0.2, 0.25) is 11.8 Å². The molecule has 0 fully saturated rings. The first-order chi connectivity index (χ1) is 7.17. The fourth-order valence-corrected chi connectivity index (χ4v) is 1.12. The Bertz CT molecular complexity index is 324. The lowest BCUT2D eigenvalue weighted by Crippen LogP contribution is -2.35. The summed E-state index contributed by atoms with van der Waals surface area (Å²) in [6.45, 7) is 1.78. The molecule has 82 valence electrons. The molecule has 0 aliphatic rings. The van der Waals surface area contributed by atoms with Crippen molar-refractivity contribution in [3.05, 3.63) is 18.3 Å². The molecule has 1 unspecified atom stereocenters. The zero-order chi connectivity index (χ0) is 11.3. The van der Waals surface area contributed by atoms with E-state index >= 15 is 0 Å². The van der Waals surface area contributed by atoms with Crippen LogP contribution in [0.15, 0.2) is 18.3 Å². The standard InChI is InChI=1S/C10H15N3O2/c1-7(10(14)11-2)13-8-4-5-9(15-3)12-6-8/h4-7,13H,1-3H3,(H,11,14). The zero-order valence-corrected chi connectivity index (χ0v) is 9.07. The lowest BCUT2D eigenvalue weighted by molar-refractivity contribution is -0.121. The van der Waals surface area contributed by atoms with Gasteiger partial charge in [0.1, 0.15) is 6.04 Å². The van der Waals surface area contributed by atoms with Gasteiger partial charge < -0.3 is 15.4 Å². The average Bonchev–Trinajstić information content (AvgIpc) is 2.29. The van der Waals surface area contributed by atoms with Crippen molar-refractivity contribution in [2.24, 2.45) is 0 Å². The maximum absolute atomic E-state index is 11.2. The third kappa shape index (κ3) is 3.12. The number of amides is 1. The third-order valence-corrected chi connectivity index (χ3v) is 1.97. The van der Waals surface area contributed by atoms with Gasteiger partial charge in [0, 0.05) is 13.1 Å². The van der Waals surface area contributed by atoms with E-state index in [1.807, 2.05) is 6.07 Å². The first-order valence-electron chi connectivity index (χ1n) is 4.65. The van der Waals surface area contributed by atoms with Crippen LogP contribution in [-0.2, 0) is 4.79 Å². The van der Waals surface area contributed by atoms with Crippen molar-refractivity contribution >= 4 is 11.6 Å². The molecule has 0 bridgehead atoms. The number of hydrogen-bond acceptors (Lipinski definition) is 4. The molecule has 0 aliphatic carbocycles. The normalized spacial score (nSPS) is 11.7. The van der Waals surface area contributed by atoms with Gasteiger partial charge in [-0.1, -0.05) is 0 Å². The van der Waals surface area contributed by atoms with Crippen LogP contribution in [0.1, 0.15) is 6.92 Å². The van der Waals surface area contributed by atoms with Crippen molar-refractivity contribution in [1.29, 1.82) is 0 Å². The van der Waals surface area contributed by atoms with E-state index in [0.29, 0.717) is 5.88 Å². The highest BCUT2D eigenvalue weighted by molar-refractivity contribution is 5.83. The smallest absolute Gasteiger partial charge is 0.241 e. The van der Waals surface area contributed by atoms with Crippen LogP contribution in [0.3, 0.4) is 0 Å². The first kappa shape index (κ1) is 11.3. The van der Waals surface area contributed by atoms with E-state index in [1.165, 1.54) is 0 Å². The summed E-state index contributed by atoms with van der Waals surface area (Å²) in [5, 5.41) is 5.57. The first-order valence-corrected chi connectivity index (χ1v) is 4.65. The summed E-state index contributed by atoms with van der Waals surface area (Å²) >= 11 is 0. The Morgan fingerprint density at radius 2 is 2.27 bits per heavy atom. The fraction of sp³-hybridized carbons (Fsp3) is 0.400. The maximum Gasteiger partial charge on any atom is 0.241 e. The average molecular weight is 209 g/mol. The van der Waals surface area contributed by atoms with Gasteiger partial charge in [0.15, 0.2) is 0 Å². The van der Waals surface area contributed by atoms with Crippen LogP contribution in [0, 0.1) is 0 Å². The van der Waals surface area contributed by atoms with Gasteiger partial charge >= 0.3 is 0 Å². The molecule has 15 heavy (non-hydrogen) atoms. The summed E-state index contributed by atoms with van der Waals surface area (Å²) in [5.74, 6) is 0.485. The minimum Gasteiger partial charge on any atom is -0.481 e. The number of hydrogen-bond donors (Lipinski definition) is 2. The number of pyridine rings is 1. The van der Waals surface area contributed by atoms with Crippen LogP contribution in [-0.4, -0.2) is 31.1 Å². The van der Waals surface area contributed by atoms with Crippen molar-refractivity contribution in [1.82, 2.24) is 10.3 Å². The number of aromatic nitrogens is 1. The van der Waals surface area contributed by atoms with Crippen LogP contribution in [0.5, 0.6) is 5.88 Å². The van der Waals surface area contributed by atoms with Gasteiger partial charge in [-0.2, -0.15) is 0 Å². The lowest BCUT2D eigenvalue weighted by Gasteiger charge is -2.13. The van der Waals surface area contributed by atoms with Crippen molar-refractivity contribution in [2.45, 2.75) is 13.0 Å². The molecule has 5 heteroatoms. The molecule has 0 saturated carbocycles. The Morgan fingerprint density at radius 1 is 1.53 bits per heavy atom. The monoisotopic (exact) mass is 209 g/mol. The second-order valence-corrected chi connectivity index (χ2v) is 3.07. The van der Waals surface area contributed by atoms with Crippen LogP contribution in [0.4, 0.5) is 5.69 Å². The molecule has 5 nitrogen and oxygen atoms in total. The van der Waals surface area contributed by atoms with Crippen LogP contribution >= 0.6 is 0 Å². The quantitative estimate of drug-likeness (QED) is 0.763. The molecule has 2 N–H and O–H groups in total. The van der Waals surface area contributed by atoms with Gasteiger partial charge in [-0.05, 0) is 13.0 Å². The second kappa shape index (κ2) is 5.19. The summed E-state index contributed by atoms with van der Waals surface area (Å²) in [6.07, 6.45) is 1.62. The highest BCUT2D eigenvalue weighted by Crippen LogP contribution is 2.11. The van der Waals surface area contributed by atoms with E-state index in [9.17, 15) is 4.79 Å². The highest BCUT2D eigenvalue weighted by atomic mass is 16.5. The molecule has 0 aliphatic heterocycles. The van der Waals surface area contributed by atoms with E-state index in [4.69, 9.17) is 4.74 Å². The molecule has 1 heterocycles. The predicted octanol–water partition coefficient (Wildman–Crippen LogP) is 0.637. The van der Waals surface area contributed by atoms with E-state index < -0.39 is 0 Å². The van der Waals surface area contributed by atoms with Crippen molar-refractivity contribution in [3.8, 4) is 5.88 Å². The van der Waals surface area contributed by atoms with E-state index in [2.05, 4.69) is 15.6 Å². The highest BCUT2D eigenvalue weighted by Gasteiger charge is 2.09. The molecular formula is C10H15N3O2. The van der Waals surface area contributed by atoms with Gasteiger partial charge in [-0.15, -0.1) is 0 Å². The van der Waals surface area contributed by atoms with Crippen molar-refractivity contribution < 1.29 is 9.53 Å². The minimum atomic E-state index is -0.287. The molecule has 1 amide bonds. The number of likely N-dealkylation sites (N-methyl/N-ethyl adjacent to an activating group) is 1. The molecule has 1 rings (SSSR count). The minimum absolute atomic E-state index is 0.0641. The Kier molecular flexibility index (Phi) is 3.91. The third-order valence-electron chi connectivity index (χ3n) is 1.97. The predicted molar refractivity (Wildman–Crippen MR) is 57.9 cm³/mol. The fourth-order valence-electron chi connectivity index (χ4n) is 1.12. The number of methoxy groups -OCH3 is 1. The molecular weight excluding hydrogens is 194 g/mol. The summed E-state index contributed by atoms with van der Waals surface area (Å²) in [4.78, 5) is 15.2. The van der Waals surface area contributed by atoms with E-state index in [0.717, 1.165) is 5.69 Å². The Labute approximate surface area is 88.9 Å². The van der Waals surface area contributed by atoms with Gasteiger partial charge in [-0.3, -0.25) is 4.79 Å². The molecule has 0 spiro atoms. The number of nitrogens with zero attached hydrogens (tertiary/aromatic N) is 1. The number of carbonyl (C=O) groups is 1. The molecule has 1 aromatic heterocycles. The Hall–Kier alpha value is -1.78. The second-order valence-electron chi connectivity index (χ2n) is 3.07. The zero-order valence-electron chi connectivity index (χ0n) is 9.07. The summed E-state index contributed by atoms with van der Waals surface area (Å²) in [6, 6.07) is 3.26. The molecule has 0 radical (unpaired) electrons. The summed E-state index contributed by atoms with van der Waals surface area (Å²) in [7, 11) is 3.16. The lowest BCUT2D eigenvalue weighted by atomic mass is 10.3. The van der Waals surface area contributed by atoms with E-state index in [-0.39, 0.29) is 11.9 Å². The largest absolute Gasteiger partial charge is 0.481 e. The summed E-state index contributed by atoms with van der Waals surface area (Å²) < 4.78 is 4.92. The Morgan fingerprint density at radius 3 is 2.73 bits per heavy atom. The number of ether oxygens (including phenoxy) is 1. The number of nitrogens with one attached hydrogen (secondary N) is 2. The molecule has 1 atom stereocenters. The van der Waals surface area contributed by atoms with Gasteiger partial charge in [0.05, 0.1) is 19.0 Å². The molecule has 0 saturated heterocycles. The van der Waals surface area contributed by atoms with Gasteiger partial charge in [-0.25, -0.2) is 4.98 Å². The molecule has 0 aromatic carbocycles. The summed E-state index contributed by atoms with van der Waals surface area (Å²) in [5.41, 5.74) is 0.784. The molecule has 1 aromatic rings. The van der Waals surface area contributed by atoms with Gasteiger partial charge in [0.25, 0.3) is 0 Å². The van der Waals surface area contributed by atoms with E-state index in [1.54, 1.807) is 33.3 Å².